The van der Waals surface area contributed by atoms with Crippen molar-refractivity contribution in [3.8, 4) is 5.88 Å². The first kappa shape index (κ1) is 19.5. The van der Waals surface area contributed by atoms with E-state index in [2.05, 4.69) is 15.3 Å². The van der Waals surface area contributed by atoms with Gasteiger partial charge in [0, 0.05) is 38.9 Å². The fourth-order valence-electron chi connectivity index (χ4n) is 2.66. The largest absolute Gasteiger partial charge is 0.475 e. The molecule has 0 aliphatic carbocycles. The third kappa shape index (κ3) is 4.84. The Morgan fingerprint density at radius 1 is 1.44 bits per heavy atom. The van der Waals surface area contributed by atoms with Crippen LogP contribution in [0.3, 0.4) is 0 Å². The standard InChI is InChI=1S/C17H28N4O3S/c1-13(2)24-15-7-6-14(10-19-15)11-20-16(18-5)21-8-9-25(22,23)17(3,4)12-21/h6-7,10,13H,8-9,11-12H2,1-5H3,(H,18,20). The molecule has 1 N–H and O–H groups in total. The number of nitrogens with one attached hydrogen (secondary N) is 1. The van der Waals surface area contributed by atoms with Gasteiger partial charge in [-0.1, -0.05) is 6.07 Å². The van der Waals surface area contributed by atoms with Crippen molar-refractivity contribution in [1.29, 1.82) is 0 Å². The van der Waals surface area contributed by atoms with E-state index in [9.17, 15) is 8.42 Å². The van der Waals surface area contributed by atoms with E-state index < -0.39 is 14.6 Å². The highest BCUT2D eigenvalue weighted by molar-refractivity contribution is 7.92. The maximum atomic E-state index is 12.1. The van der Waals surface area contributed by atoms with Crippen LogP contribution in [0, 0.1) is 0 Å². The molecule has 1 aliphatic heterocycles. The normalized spacial score (nSPS) is 19.8. The smallest absolute Gasteiger partial charge is 0.213 e. The van der Waals surface area contributed by atoms with Gasteiger partial charge in [0.2, 0.25) is 5.88 Å². The van der Waals surface area contributed by atoms with Crippen LogP contribution in [0.4, 0.5) is 0 Å². The summed E-state index contributed by atoms with van der Waals surface area (Å²) >= 11 is 0. The van der Waals surface area contributed by atoms with Gasteiger partial charge in [-0.05, 0) is 33.3 Å². The summed E-state index contributed by atoms with van der Waals surface area (Å²) in [6.45, 7) is 8.88. The Kier molecular flexibility index (Phi) is 5.92. The molecule has 2 heterocycles. The van der Waals surface area contributed by atoms with Crippen LogP contribution >= 0.6 is 0 Å². The van der Waals surface area contributed by atoms with Gasteiger partial charge in [0.25, 0.3) is 0 Å². The predicted molar refractivity (Wildman–Crippen MR) is 99.6 cm³/mol. The molecule has 0 unspecified atom stereocenters. The van der Waals surface area contributed by atoms with Gasteiger partial charge in [-0.25, -0.2) is 13.4 Å². The second-order valence-electron chi connectivity index (χ2n) is 7.07. The molecule has 0 aromatic carbocycles. The minimum Gasteiger partial charge on any atom is -0.475 e. The van der Waals surface area contributed by atoms with Gasteiger partial charge >= 0.3 is 0 Å². The van der Waals surface area contributed by atoms with Gasteiger partial charge in [-0.15, -0.1) is 0 Å². The number of aromatic nitrogens is 1. The summed E-state index contributed by atoms with van der Waals surface area (Å²) in [4.78, 5) is 10.6. The molecule has 1 fully saturated rings. The molecule has 1 saturated heterocycles. The van der Waals surface area contributed by atoms with E-state index in [0.717, 1.165) is 5.56 Å². The molecule has 7 nitrogen and oxygen atoms in total. The fraction of sp³-hybridized carbons (Fsp3) is 0.647. The molecule has 0 radical (unpaired) electrons. The van der Waals surface area contributed by atoms with Crippen molar-refractivity contribution in [2.45, 2.75) is 45.1 Å². The average Bonchev–Trinajstić information content (AvgIpc) is 2.52. The van der Waals surface area contributed by atoms with Crippen LogP contribution in [-0.4, -0.2) is 61.0 Å². The Bertz CT molecular complexity index is 712. The first-order valence-corrected chi connectivity index (χ1v) is 10.1. The van der Waals surface area contributed by atoms with E-state index in [4.69, 9.17) is 4.74 Å². The van der Waals surface area contributed by atoms with Crippen LogP contribution in [0.15, 0.2) is 23.3 Å². The van der Waals surface area contributed by atoms with Crippen LogP contribution in [0.2, 0.25) is 0 Å². The number of nitrogens with zero attached hydrogens (tertiary/aromatic N) is 3. The number of rotatable bonds is 4. The Labute approximate surface area is 150 Å². The monoisotopic (exact) mass is 368 g/mol. The Morgan fingerprint density at radius 2 is 2.16 bits per heavy atom. The molecule has 1 aliphatic rings. The molecule has 0 bridgehead atoms. The first-order chi connectivity index (χ1) is 11.6. The van der Waals surface area contributed by atoms with Crippen LogP contribution in [0.1, 0.15) is 33.3 Å². The molecular formula is C17H28N4O3S. The van der Waals surface area contributed by atoms with Crippen molar-refractivity contribution in [2.75, 3.05) is 25.9 Å². The highest BCUT2D eigenvalue weighted by Crippen LogP contribution is 2.23. The molecule has 0 spiro atoms. The Morgan fingerprint density at radius 3 is 2.68 bits per heavy atom. The van der Waals surface area contributed by atoms with Gasteiger partial charge < -0.3 is 15.0 Å². The molecule has 2 rings (SSSR count). The molecule has 1 aromatic heterocycles. The first-order valence-electron chi connectivity index (χ1n) is 8.44. The number of pyridine rings is 1. The quantitative estimate of drug-likeness (QED) is 0.640. The third-order valence-corrected chi connectivity index (χ3v) is 6.69. The van der Waals surface area contributed by atoms with Gasteiger partial charge in [0.1, 0.15) is 0 Å². The summed E-state index contributed by atoms with van der Waals surface area (Å²) in [6, 6.07) is 3.80. The van der Waals surface area contributed by atoms with Gasteiger partial charge in [-0.3, -0.25) is 4.99 Å². The minimum atomic E-state index is -3.07. The van der Waals surface area contributed by atoms with Crippen molar-refractivity contribution in [3.63, 3.8) is 0 Å². The van der Waals surface area contributed by atoms with E-state index in [1.54, 1.807) is 27.1 Å². The van der Waals surface area contributed by atoms with E-state index in [1.165, 1.54) is 0 Å². The second kappa shape index (κ2) is 7.59. The maximum Gasteiger partial charge on any atom is 0.213 e. The van der Waals surface area contributed by atoms with Gasteiger partial charge in [0.15, 0.2) is 15.8 Å². The molecule has 140 valence electrons. The van der Waals surface area contributed by atoms with Crippen molar-refractivity contribution >= 4 is 15.8 Å². The molecule has 1 aromatic rings. The zero-order chi connectivity index (χ0) is 18.7. The molecule has 25 heavy (non-hydrogen) atoms. The third-order valence-electron chi connectivity index (χ3n) is 4.16. The maximum absolute atomic E-state index is 12.1. The van der Waals surface area contributed by atoms with Crippen LogP contribution < -0.4 is 10.1 Å². The molecule has 0 atom stereocenters. The predicted octanol–water partition coefficient (Wildman–Crippen LogP) is 1.45. The lowest BCUT2D eigenvalue weighted by molar-refractivity contribution is 0.232. The molecule has 0 saturated carbocycles. The SMILES string of the molecule is CN=C(NCc1ccc(OC(C)C)nc1)N1CCS(=O)(=O)C(C)(C)C1. The summed E-state index contributed by atoms with van der Waals surface area (Å²) in [5.74, 6) is 1.44. The highest BCUT2D eigenvalue weighted by Gasteiger charge is 2.40. The number of aliphatic imine (C=N–C) groups is 1. The van der Waals surface area contributed by atoms with Crippen molar-refractivity contribution < 1.29 is 13.2 Å². The van der Waals surface area contributed by atoms with Crippen LogP contribution in [-0.2, 0) is 16.4 Å². The highest BCUT2D eigenvalue weighted by atomic mass is 32.2. The number of hydrogen-bond acceptors (Lipinski definition) is 5. The molecule has 8 heteroatoms. The van der Waals surface area contributed by atoms with Crippen molar-refractivity contribution in [1.82, 2.24) is 15.2 Å². The fourth-order valence-corrected chi connectivity index (χ4v) is 4.03. The summed E-state index contributed by atoms with van der Waals surface area (Å²) < 4.78 is 29.0. The lowest BCUT2D eigenvalue weighted by Crippen LogP contribution is -2.57. The lowest BCUT2D eigenvalue weighted by Gasteiger charge is -2.39. The van der Waals surface area contributed by atoms with Crippen molar-refractivity contribution in [2.24, 2.45) is 4.99 Å². The van der Waals surface area contributed by atoms with E-state index in [-0.39, 0.29) is 11.9 Å². The topological polar surface area (TPSA) is 83.9 Å². The second-order valence-corrected chi connectivity index (χ2v) is 9.82. The summed E-state index contributed by atoms with van der Waals surface area (Å²) in [6.07, 6.45) is 1.86. The minimum absolute atomic E-state index is 0.0917. The van der Waals surface area contributed by atoms with E-state index >= 15 is 0 Å². The van der Waals surface area contributed by atoms with Crippen molar-refractivity contribution in [3.05, 3.63) is 23.9 Å². The number of hydrogen-bond donors (Lipinski definition) is 1. The Hall–Kier alpha value is -1.83. The summed E-state index contributed by atoms with van der Waals surface area (Å²) in [7, 11) is -1.36. The molecular weight excluding hydrogens is 340 g/mol. The van der Waals surface area contributed by atoms with Crippen LogP contribution in [0.5, 0.6) is 5.88 Å². The average molecular weight is 369 g/mol. The molecule has 0 amide bonds. The number of sulfone groups is 1. The van der Waals surface area contributed by atoms with E-state index in [0.29, 0.717) is 31.5 Å². The zero-order valence-corrected chi connectivity index (χ0v) is 16.4. The lowest BCUT2D eigenvalue weighted by atomic mass is 10.2. The van der Waals surface area contributed by atoms with Gasteiger partial charge in [0.05, 0.1) is 16.6 Å². The van der Waals surface area contributed by atoms with Gasteiger partial charge in [-0.2, -0.15) is 0 Å². The Balaban J connectivity index is 1.97. The van der Waals surface area contributed by atoms with Crippen LogP contribution in [0.25, 0.3) is 0 Å². The summed E-state index contributed by atoms with van der Waals surface area (Å²) in [5.41, 5.74) is 1.00. The number of guanidine groups is 1. The van der Waals surface area contributed by atoms with E-state index in [1.807, 2.05) is 30.9 Å². The summed E-state index contributed by atoms with van der Waals surface area (Å²) in [5, 5.41) is 3.28. The zero-order valence-electron chi connectivity index (χ0n) is 15.6. The number of ether oxygens (including phenoxy) is 1.